The predicted molar refractivity (Wildman–Crippen MR) is 147 cm³/mol. The lowest BCUT2D eigenvalue weighted by molar-refractivity contribution is -0.139. The van der Waals surface area contributed by atoms with E-state index in [9.17, 15) is 19.5 Å². The molecule has 12 heteroatoms. The van der Waals surface area contributed by atoms with Gasteiger partial charge in [0.25, 0.3) is 0 Å². The maximum atomic E-state index is 11.8. The molecule has 0 bridgehead atoms. The first-order valence-electron chi connectivity index (χ1n) is 13.1. The van der Waals surface area contributed by atoms with Crippen LogP contribution in [0.4, 0.5) is 4.79 Å². The number of aliphatic hydroxyl groups excluding tert-OH is 1. The van der Waals surface area contributed by atoms with Gasteiger partial charge in [-0.1, -0.05) is 19.9 Å². The fourth-order valence-corrected chi connectivity index (χ4v) is 2.51. The third kappa shape index (κ3) is 30.0. The van der Waals surface area contributed by atoms with Crippen LogP contribution in [-0.2, 0) is 28.5 Å². The number of carboxylic acids is 1. The van der Waals surface area contributed by atoms with Gasteiger partial charge in [-0.3, -0.25) is 4.79 Å². The van der Waals surface area contributed by atoms with Gasteiger partial charge in [0.05, 0.1) is 33.0 Å². The minimum absolute atomic E-state index is 0.0784. The Bertz CT molecular complexity index is 599. The van der Waals surface area contributed by atoms with Crippen molar-refractivity contribution in [2.24, 2.45) is 0 Å². The summed E-state index contributed by atoms with van der Waals surface area (Å²) < 4.78 is 21.1. The van der Waals surface area contributed by atoms with Crippen molar-refractivity contribution in [3.63, 3.8) is 0 Å². The van der Waals surface area contributed by atoms with E-state index in [2.05, 4.69) is 22.5 Å². The van der Waals surface area contributed by atoms with Crippen molar-refractivity contribution in [3.8, 4) is 0 Å². The van der Waals surface area contributed by atoms with Crippen LogP contribution in [0.5, 0.6) is 0 Å². The number of aliphatic hydroxyl groups is 1. The number of carboxylic acid groups (broad SMARTS) is 1. The molecule has 0 spiro atoms. The molecule has 0 radical (unpaired) electrons. The third-order valence-electron chi connectivity index (χ3n) is 4.27. The van der Waals surface area contributed by atoms with Crippen molar-refractivity contribution in [2.45, 2.75) is 78.5 Å². The molecule has 0 aromatic rings. The molecule has 0 aliphatic carbocycles. The van der Waals surface area contributed by atoms with Gasteiger partial charge in [0, 0.05) is 26.2 Å². The van der Waals surface area contributed by atoms with Crippen molar-refractivity contribution in [1.82, 2.24) is 16.0 Å². The minimum atomic E-state index is -1.13. The molecule has 0 aromatic carbocycles. The molecule has 2 atom stereocenters. The molecule has 5 N–H and O–H groups in total. The summed E-state index contributed by atoms with van der Waals surface area (Å²) in [4.78, 5) is 34.8. The number of nitrogens with one attached hydrogen (secondary N) is 3. The molecule has 0 rings (SSSR count). The van der Waals surface area contributed by atoms with E-state index < -0.39 is 23.7 Å². The van der Waals surface area contributed by atoms with Crippen molar-refractivity contribution >= 4 is 18.0 Å². The second-order valence-corrected chi connectivity index (χ2v) is 8.64. The maximum Gasteiger partial charge on any atom is 0.408 e. The minimum Gasteiger partial charge on any atom is -0.480 e. The number of alkyl carbamates (subject to hydrolysis) is 1. The molecule has 226 valence electrons. The zero-order valence-corrected chi connectivity index (χ0v) is 24.5. The SMILES string of the molecule is C=CC(C)NCCOCCOCCOCC(=O)NCCCC[C@H](NC(=O)OC(C)(C)C)C(=O)O.CC.CO. The number of rotatable bonds is 20. The number of unbranched alkanes of at least 4 members (excludes halogenated alkanes) is 1. The van der Waals surface area contributed by atoms with Gasteiger partial charge in [0.15, 0.2) is 0 Å². The molecule has 1 unspecified atom stereocenters. The standard InChI is InChI=1S/C23H43N3O8.C2H6.CH4O/c1-6-18(2)24-11-12-31-13-14-32-15-16-33-17-20(27)25-10-8-7-9-19(21(28)29)26-22(30)34-23(3,4)5;2*1-2/h6,18-19,24H,1,7-17H2,2-5H3,(H,25,27)(H,26,30)(H,28,29);1-2H3;2H,1H3/t18?,19-;;/m0../s1. The normalized spacial score (nSPS) is 12.0. The van der Waals surface area contributed by atoms with Crippen LogP contribution in [0.15, 0.2) is 12.7 Å². The molecule has 0 aliphatic heterocycles. The first kappa shape index (κ1) is 40.2. The Balaban J connectivity index is -0.00000291. The predicted octanol–water partition coefficient (Wildman–Crippen LogP) is 2.10. The van der Waals surface area contributed by atoms with E-state index in [1.807, 2.05) is 26.8 Å². The topological polar surface area (TPSA) is 165 Å². The van der Waals surface area contributed by atoms with Crippen LogP contribution >= 0.6 is 0 Å². The van der Waals surface area contributed by atoms with E-state index in [0.29, 0.717) is 52.4 Å². The number of amides is 2. The highest BCUT2D eigenvalue weighted by atomic mass is 16.6. The molecule has 0 saturated heterocycles. The number of aliphatic carboxylic acids is 1. The third-order valence-corrected chi connectivity index (χ3v) is 4.27. The highest BCUT2D eigenvalue weighted by Crippen LogP contribution is 2.08. The Morgan fingerprint density at radius 1 is 0.921 bits per heavy atom. The van der Waals surface area contributed by atoms with Crippen LogP contribution in [0.1, 0.15) is 60.8 Å². The molecule has 0 aromatic heterocycles. The largest absolute Gasteiger partial charge is 0.480 e. The van der Waals surface area contributed by atoms with Crippen molar-refractivity contribution in [3.05, 3.63) is 12.7 Å². The lowest BCUT2D eigenvalue weighted by atomic mass is 10.1. The molecule has 38 heavy (non-hydrogen) atoms. The smallest absolute Gasteiger partial charge is 0.408 e. The summed E-state index contributed by atoms with van der Waals surface area (Å²) in [6, 6.07) is -0.788. The second kappa shape index (κ2) is 27.8. The quantitative estimate of drug-likeness (QED) is 0.112. The number of carbonyl (C=O) groups excluding carboxylic acids is 2. The number of ether oxygens (including phenoxy) is 4. The summed E-state index contributed by atoms with van der Waals surface area (Å²) in [7, 11) is 1.00. The Labute approximate surface area is 228 Å². The zero-order valence-electron chi connectivity index (χ0n) is 24.5. The first-order chi connectivity index (χ1) is 18.0. The molecule has 12 nitrogen and oxygen atoms in total. The van der Waals surface area contributed by atoms with Gasteiger partial charge in [0.1, 0.15) is 18.2 Å². The van der Waals surface area contributed by atoms with Gasteiger partial charge in [-0.2, -0.15) is 0 Å². The van der Waals surface area contributed by atoms with Gasteiger partial charge in [-0.25, -0.2) is 9.59 Å². The fourth-order valence-electron chi connectivity index (χ4n) is 2.51. The van der Waals surface area contributed by atoms with Crippen molar-refractivity contribution in [2.75, 3.05) is 59.8 Å². The Morgan fingerprint density at radius 3 is 2.00 bits per heavy atom. The molecular formula is C26H53N3O9. The lowest BCUT2D eigenvalue weighted by Crippen LogP contribution is -2.43. The Kier molecular flexibility index (Phi) is 29.4. The van der Waals surface area contributed by atoms with Gasteiger partial charge in [-0.15, -0.1) is 6.58 Å². The first-order valence-corrected chi connectivity index (χ1v) is 13.1. The Hall–Kier alpha value is -2.25. The maximum absolute atomic E-state index is 11.8. The molecule has 0 heterocycles. The monoisotopic (exact) mass is 551 g/mol. The van der Waals surface area contributed by atoms with Crippen LogP contribution in [0.25, 0.3) is 0 Å². The number of carbonyl (C=O) groups is 3. The summed E-state index contributed by atoms with van der Waals surface area (Å²) in [5.41, 5.74) is -0.706. The van der Waals surface area contributed by atoms with E-state index in [1.165, 1.54) is 0 Å². The van der Waals surface area contributed by atoms with Crippen LogP contribution in [0.3, 0.4) is 0 Å². The lowest BCUT2D eigenvalue weighted by Gasteiger charge is -2.22. The van der Waals surface area contributed by atoms with Gasteiger partial charge in [-0.05, 0) is 47.0 Å². The number of hydrogen-bond donors (Lipinski definition) is 5. The van der Waals surface area contributed by atoms with Crippen LogP contribution in [0.2, 0.25) is 0 Å². The van der Waals surface area contributed by atoms with E-state index in [4.69, 9.17) is 24.1 Å². The van der Waals surface area contributed by atoms with E-state index in [0.717, 1.165) is 13.7 Å². The van der Waals surface area contributed by atoms with E-state index in [1.54, 1.807) is 20.8 Å². The van der Waals surface area contributed by atoms with Crippen LogP contribution < -0.4 is 16.0 Å². The van der Waals surface area contributed by atoms with Crippen LogP contribution in [-0.4, -0.2) is 106 Å². The van der Waals surface area contributed by atoms with E-state index >= 15 is 0 Å². The summed E-state index contributed by atoms with van der Waals surface area (Å²) in [6.45, 7) is 18.0. The molecule has 0 aliphatic rings. The zero-order chi connectivity index (χ0) is 29.8. The molecular weight excluding hydrogens is 498 g/mol. The number of hydrogen-bond acceptors (Lipinski definition) is 9. The van der Waals surface area contributed by atoms with Crippen molar-refractivity contribution < 1.29 is 43.5 Å². The fraction of sp³-hybridized carbons (Fsp3) is 0.808. The highest BCUT2D eigenvalue weighted by molar-refractivity contribution is 5.80. The van der Waals surface area contributed by atoms with Crippen molar-refractivity contribution in [1.29, 1.82) is 0 Å². The summed E-state index contributed by atoms with van der Waals surface area (Å²) in [6.07, 6.45) is 2.36. The highest BCUT2D eigenvalue weighted by Gasteiger charge is 2.23. The second-order valence-electron chi connectivity index (χ2n) is 8.64. The molecule has 0 fully saturated rings. The van der Waals surface area contributed by atoms with Gasteiger partial charge in [0.2, 0.25) is 5.91 Å². The summed E-state index contributed by atoms with van der Waals surface area (Å²) >= 11 is 0. The average molecular weight is 552 g/mol. The summed E-state index contributed by atoms with van der Waals surface area (Å²) in [5, 5.41) is 24.5. The Morgan fingerprint density at radius 2 is 1.47 bits per heavy atom. The van der Waals surface area contributed by atoms with Gasteiger partial charge < -0.3 is 45.1 Å². The van der Waals surface area contributed by atoms with Crippen LogP contribution in [0, 0.1) is 0 Å². The van der Waals surface area contributed by atoms with E-state index in [-0.39, 0.29) is 25.0 Å². The van der Waals surface area contributed by atoms with Gasteiger partial charge >= 0.3 is 12.1 Å². The molecule has 0 saturated carbocycles. The average Bonchev–Trinajstić information content (AvgIpc) is 2.87. The molecule has 2 amide bonds. The summed E-state index contributed by atoms with van der Waals surface area (Å²) in [5.74, 6) is -1.39.